The molecule has 0 atom stereocenters. The molecule has 0 saturated carbocycles. The van der Waals surface area contributed by atoms with Gasteiger partial charge in [0.25, 0.3) is 10.1 Å². The molecule has 0 amide bonds. The lowest BCUT2D eigenvalue weighted by atomic mass is 10.1. The zero-order chi connectivity index (χ0) is 9.83. The van der Waals surface area contributed by atoms with Crippen molar-refractivity contribution in [3.8, 4) is 0 Å². The molecule has 0 radical (unpaired) electrons. The van der Waals surface area contributed by atoms with Gasteiger partial charge in [-0.1, -0.05) is 6.08 Å². The molecule has 0 rings (SSSR count). The quantitative estimate of drug-likeness (QED) is 0.412. The first-order chi connectivity index (χ1) is 5.31. The fourth-order valence-electron chi connectivity index (χ4n) is 0.801. The van der Waals surface area contributed by atoms with Gasteiger partial charge in [-0.15, -0.1) is 6.58 Å². The lowest BCUT2D eigenvalue weighted by Gasteiger charge is -2.19. The Morgan fingerprint density at radius 2 is 2.00 bits per heavy atom. The lowest BCUT2D eigenvalue weighted by Crippen LogP contribution is -2.30. The molecule has 0 bridgehead atoms. The Bertz CT molecular complexity index is 239. The van der Waals surface area contributed by atoms with Crippen molar-refractivity contribution in [3.05, 3.63) is 12.7 Å². The van der Waals surface area contributed by atoms with Crippen molar-refractivity contribution in [2.75, 3.05) is 0 Å². The molecule has 0 heterocycles. The van der Waals surface area contributed by atoms with Gasteiger partial charge in [-0.25, -0.2) is 0 Å². The summed E-state index contributed by atoms with van der Waals surface area (Å²) in [5.41, 5.74) is 0. The summed E-state index contributed by atoms with van der Waals surface area (Å²) >= 11 is 0. The van der Waals surface area contributed by atoms with E-state index in [4.69, 9.17) is 4.55 Å². The van der Waals surface area contributed by atoms with Crippen LogP contribution in [-0.4, -0.2) is 17.7 Å². The van der Waals surface area contributed by atoms with Crippen LogP contribution in [0.1, 0.15) is 33.1 Å². The van der Waals surface area contributed by atoms with Crippen LogP contribution in [0.3, 0.4) is 0 Å². The number of hydrogen-bond acceptors (Lipinski definition) is 2. The van der Waals surface area contributed by atoms with Crippen LogP contribution >= 0.6 is 0 Å². The maximum absolute atomic E-state index is 10.8. The molecule has 0 aliphatic carbocycles. The second-order valence-corrected chi connectivity index (χ2v) is 5.47. The highest BCUT2D eigenvalue weighted by atomic mass is 32.2. The van der Waals surface area contributed by atoms with Gasteiger partial charge >= 0.3 is 0 Å². The number of allylic oxidation sites excluding steroid dienone is 1. The fraction of sp³-hybridized carbons (Fsp3) is 0.750. The van der Waals surface area contributed by atoms with Crippen LogP contribution in [0.4, 0.5) is 0 Å². The molecule has 0 aromatic heterocycles. The van der Waals surface area contributed by atoms with E-state index in [1.54, 1.807) is 6.08 Å². The summed E-state index contributed by atoms with van der Waals surface area (Å²) in [6.45, 7) is 6.57. The fourth-order valence-corrected chi connectivity index (χ4v) is 1.20. The van der Waals surface area contributed by atoms with Crippen molar-refractivity contribution >= 4 is 10.1 Å². The van der Waals surface area contributed by atoms with E-state index in [1.165, 1.54) is 13.8 Å². The van der Waals surface area contributed by atoms with E-state index in [0.29, 0.717) is 6.42 Å². The predicted molar refractivity (Wildman–Crippen MR) is 49.7 cm³/mol. The summed E-state index contributed by atoms with van der Waals surface area (Å²) in [5, 5.41) is 0. The first-order valence-corrected chi connectivity index (χ1v) is 5.33. The van der Waals surface area contributed by atoms with Crippen LogP contribution in [0.15, 0.2) is 12.7 Å². The Balaban J connectivity index is 4.15. The zero-order valence-corrected chi connectivity index (χ0v) is 8.39. The molecule has 0 saturated heterocycles. The van der Waals surface area contributed by atoms with E-state index in [-0.39, 0.29) is 0 Å². The second kappa shape index (κ2) is 4.05. The molecule has 1 N–H and O–H groups in total. The van der Waals surface area contributed by atoms with Gasteiger partial charge in [0.2, 0.25) is 0 Å². The van der Waals surface area contributed by atoms with E-state index in [0.717, 1.165) is 12.8 Å². The molecule has 0 spiro atoms. The molecule has 3 nitrogen and oxygen atoms in total. The van der Waals surface area contributed by atoms with Crippen molar-refractivity contribution in [1.82, 2.24) is 0 Å². The minimum absolute atomic E-state index is 0.456. The molecular formula is C8H16O3S. The maximum atomic E-state index is 10.8. The topological polar surface area (TPSA) is 54.4 Å². The Morgan fingerprint density at radius 1 is 1.50 bits per heavy atom. The van der Waals surface area contributed by atoms with E-state index in [1.807, 2.05) is 0 Å². The first-order valence-electron chi connectivity index (χ1n) is 3.89. The van der Waals surface area contributed by atoms with Crippen molar-refractivity contribution < 1.29 is 13.0 Å². The minimum Gasteiger partial charge on any atom is -0.285 e. The van der Waals surface area contributed by atoms with Gasteiger partial charge in [0.15, 0.2) is 0 Å². The average molecular weight is 192 g/mol. The van der Waals surface area contributed by atoms with E-state index in [9.17, 15) is 8.42 Å². The molecule has 0 aliphatic heterocycles. The van der Waals surface area contributed by atoms with Crippen LogP contribution < -0.4 is 0 Å². The molecule has 0 aromatic carbocycles. The van der Waals surface area contributed by atoms with Crippen molar-refractivity contribution in [1.29, 1.82) is 0 Å². The zero-order valence-electron chi connectivity index (χ0n) is 7.58. The molecule has 4 heteroatoms. The van der Waals surface area contributed by atoms with Crippen LogP contribution in [-0.2, 0) is 10.1 Å². The molecule has 0 aromatic rings. The Hall–Kier alpha value is -0.350. The smallest absolute Gasteiger partial charge is 0.270 e. The van der Waals surface area contributed by atoms with Gasteiger partial charge in [0, 0.05) is 0 Å². The summed E-state index contributed by atoms with van der Waals surface area (Å²) in [7, 11) is -3.92. The Kier molecular flexibility index (Phi) is 3.93. The molecule has 72 valence electrons. The van der Waals surface area contributed by atoms with Crippen LogP contribution in [0.5, 0.6) is 0 Å². The summed E-state index contributed by atoms with van der Waals surface area (Å²) in [4.78, 5) is 0. The van der Waals surface area contributed by atoms with E-state index < -0.39 is 14.9 Å². The molecule has 0 aliphatic rings. The van der Waals surface area contributed by atoms with Crippen LogP contribution in [0.25, 0.3) is 0 Å². The highest BCUT2D eigenvalue weighted by Gasteiger charge is 2.31. The van der Waals surface area contributed by atoms with Crippen molar-refractivity contribution in [2.24, 2.45) is 0 Å². The Morgan fingerprint density at radius 3 is 2.33 bits per heavy atom. The highest BCUT2D eigenvalue weighted by Crippen LogP contribution is 2.21. The summed E-state index contributed by atoms with van der Waals surface area (Å²) in [6, 6.07) is 0. The normalized spacial score (nSPS) is 12.9. The monoisotopic (exact) mass is 192 g/mol. The third-order valence-corrected chi connectivity index (χ3v) is 3.49. The molecule has 0 unspecified atom stereocenters. The molecule has 12 heavy (non-hydrogen) atoms. The van der Waals surface area contributed by atoms with Gasteiger partial charge in [-0.05, 0) is 33.1 Å². The van der Waals surface area contributed by atoms with Gasteiger partial charge in [-0.2, -0.15) is 8.42 Å². The number of hydrogen-bond donors (Lipinski definition) is 1. The van der Waals surface area contributed by atoms with Crippen LogP contribution in [0, 0.1) is 0 Å². The van der Waals surface area contributed by atoms with Crippen LogP contribution in [0.2, 0.25) is 0 Å². The van der Waals surface area contributed by atoms with Gasteiger partial charge in [-0.3, -0.25) is 4.55 Å². The minimum atomic E-state index is -3.92. The van der Waals surface area contributed by atoms with Gasteiger partial charge in [0.1, 0.15) is 0 Å². The van der Waals surface area contributed by atoms with Crippen molar-refractivity contribution in [2.45, 2.75) is 37.9 Å². The van der Waals surface area contributed by atoms with Gasteiger partial charge in [0.05, 0.1) is 4.75 Å². The highest BCUT2D eigenvalue weighted by molar-refractivity contribution is 7.87. The molecular weight excluding hydrogens is 176 g/mol. The third kappa shape index (κ3) is 3.36. The average Bonchev–Trinajstić information content (AvgIpc) is 1.85. The standard InChI is InChI=1S/C8H16O3S/c1-4-5-6-7-8(2,3)12(9,10)11/h4H,1,5-7H2,2-3H3,(H,9,10,11). The molecule has 0 fully saturated rings. The summed E-state index contributed by atoms with van der Waals surface area (Å²) < 4.78 is 29.3. The van der Waals surface area contributed by atoms with E-state index in [2.05, 4.69) is 6.58 Å². The Labute approximate surface area is 74.2 Å². The van der Waals surface area contributed by atoms with Gasteiger partial charge < -0.3 is 0 Å². The SMILES string of the molecule is C=CCCCC(C)(C)S(=O)(=O)O. The first kappa shape index (κ1) is 11.6. The second-order valence-electron chi connectivity index (χ2n) is 3.42. The number of unbranched alkanes of at least 4 members (excludes halogenated alkanes) is 1. The lowest BCUT2D eigenvalue weighted by molar-refractivity contribution is 0.427. The third-order valence-electron chi connectivity index (χ3n) is 1.89. The predicted octanol–water partition coefficient (Wildman–Crippen LogP) is 2.01. The van der Waals surface area contributed by atoms with E-state index >= 15 is 0 Å². The largest absolute Gasteiger partial charge is 0.285 e. The van der Waals surface area contributed by atoms with Crippen molar-refractivity contribution in [3.63, 3.8) is 0 Å². The summed E-state index contributed by atoms with van der Waals surface area (Å²) in [5.74, 6) is 0. The summed E-state index contributed by atoms with van der Waals surface area (Å²) in [6.07, 6.45) is 3.70. The number of rotatable bonds is 5. The maximum Gasteiger partial charge on any atom is 0.270 e.